The molecule has 1 fully saturated rings. The van der Waals surface area contributed by atoms with E-state index in [-0.39, 0.29) is 0 Å². The van der Waals surface area contributed by atoms with E-state index < -0.39 is 0 Å². The van der Waals surface area contributed by atoms with Gasteiger partial charge in [-0.2, -0.15) is 5.26 Å². The average Bonchev–Trinajstić information content (AvgIpc) is 2.15. The van der Waals surface area contributed by atoms with Gasteiger partial charge in [-0.3, -0.25) is 0 Å². The van der Waals surface area contributed by atoms with Crippen LogP contribution in [0.2, 0.25) is 0 Å². The van der Waals surface area contributed by atoms with Gasteiger partial charge in [-0.05, 0) is 32.1 Å². The smallest absolute Gasteiger partial charge is 0.0622 e. The van der Waals surface area contributed by atoms with Crippen LogP contribution < -0.4 is 5.73 Å². The van der Waals surface area contributed by atoms with Crippen molar-refractivity contribution in [3.8, 4) is 6.07 Å². The number of ether oxygens (including phenoxy) is 1. The van der Waals surface area contributed by atoms with Gasteiger partial charge in [0.25, 0.3) is 0 Å². The van der Waals surface area contributed by atoms with Gasteiger partial charge >= 0.3 is 0 Å². The highest BCUT2D eigenvalue weighted by molar-refractivity contribution is 4.74. The van der Waals surface area contributed by atoms with Gasteiger partial charge in [-0.1, -0.05) is 0 Å². The van der Waals surface area contributed by atoms with Gasteiger partial charge in [0.1, 0.15) is 0 Å². The Bertz CT molecular complexity index is 168. The van der Waals surface area contributed by atoms with Crippen LogP contribution in [-0.2, 0) is 4.74 Å². The number of nitrogens with zero attached hydrogens (tertiary/aromatic N) is 1. The van der Waals surface area contributed by atoms with Crippen molar-refractivity contribution in [2.75, 3.05) is 6.61 Å². The average molecular weight is 182 g/mol. The van der Waals surface area contributed by atoms with E-state index >= 15 is 0 Å². The molecule has 1 aliphatic rings. The molecule has 0 aromatic heterocycles. The molecule has 0 aliphatic heterocycles. The van der Waals surface area contributed by atoms with Gasteiger partial charge in [0.2, 0.25) is 0 Å². The third kappa shape index (κ3) is 4.25. The molecule has 0 bridgehead atoms. The van der Waals surface area contributed by atoms with E-state index in [2.05, 4.69) is 6.07 Å². The van der Waals surface area contributed by atoms with Gasteiger partial charge in [-0.15, -0.1) is 0 Å². The molecule has 1 saturated carbocycles. The first-order valence-corrected chi connectivity index (χ1v) is 5.07. The predicted octanol–water partition coefficient (Wildman–Crippen LogP) is 1.58. The zero-order valence-corrected chi connectivity index (χ0v) is 8.04. The fourth-order valence-electron chi connectivity index (χ4n) is 1.66. The molecule has 3 nitrogen and oxygen atoms in total. The zero-order valence-electron chi connectivity index (χ0n) is 8.04. The van der Waals surface area contributed by atoms with Crippen LogP contribution in [0.5, 0.6) is 0 Å². The topological polar surface area (TPSA) is 59.0 Å². The lowest BCUT2D eigenvalue weighted by Crippen LogP contribution is -2.30. The van der Waals surface area contributed by atoms with Crippen LogP contribution in [0.25, 0.3) is 0 Å². The first-order valence-electron chi connectivity index (χ1n) is 5.07. The maximum Gasteiger partial charge on any atom is 0.0622 e. The van der Waals surface area contributed by atoms with Crippen LogP contribution in [0.15, 0.2) is 0 Å². The Morgan fingerprint density at radius 1 is 1.31 bits per heavy atom. The largest absolute Gasteiger partial charge is 0.378 e. The highest BCUT2D eigenvalue weighted by atomic mass is 16.5. The number of nitriles is 1. The molecule has 0 heterocycles. The van der Waals surface area contributed by atoms with Crippen LogP contribution in [0, 0.1) is 11.3 Å². The van der Waals surface area contributed by atoms with Gasteiger partial charge in [-0.25, -0.2) is 0 Å². The number of nitrogens with two attached hydrogens (primary N) is 1. The first-order chi connectivity index (χ1) is 6.33. The van der Waals surface area contributed by atoms with Gasteiger partial charge in [0.05, 0.1) is 12.2 Å². The van der Waals surface area contributed by atoms with Crippen molar-refractivity contribution in [1.82, 2.24) is 0 Å². The summed E-state index contributed by atoms with van der Waals surface area (Å²) in [5.41, 5.74) is 5.77. The summed E-state index contributed by atoms with van der Waals surface area (Å²) in [5.74, 6) is 0. The molecule has 0 saturated heterocycles. The summed E-state index contributed by atoms with van der Waals surface area (Å²) in [6, 6.07) is 2.50. The minimum absolute atomic E-state index is 0.388. The quantitative estimate of drug-likeness (QED) is 0.671. The van der Waals surface area contributed by atoms with E-state index in [0.717, 1.165) is 38.7 Å². The number of unbranched alkanes of at least 4 members (excludes halogenated alkanes) is 1. The Balaban J connectivity index is 2.00. The third-order valence-electron chi connectivity index (χ3n) is 2.51. The van der Waals surface area contributed by atoms with Gasteiger partial charge < -0.3 is 10.5 Å². The van der Waals surface area contributed by atoms with Crippen LogP contribution in [0.1, 0.15) is 38.5 Å². The highest BCUT2D eigenvalue weighted by Crippen LogP contribution is 2.19. The molecule has 0 aromatic rings. The molecule has 0 amide bonds. The molecular weight excluding hydrogens is 164 g/mol. The Kier molecular flexibility index (Phi) is 4.81. The van der Waals surface area contributed by atoms with Crippen molar-refractivity contribution in [1.29, 1.82) is 5.26 Å². The summed E-state index contributed by atoms with van der Waals surface area (Å²) in [7, 11) is 0. The SMILES string of the molecule is N#CCCCOC1CCC(N)CC1. The summed E-state index contributed by atoms with van der Waals surface area (Å²) in [6.07, 6.45) is 6.22. The number of rotatable bonds is 4. The Hall–Kier alpha value is -0.590. The minimum atomic E-state index is 0.388. The minimum Gasteiger partial charge on any atom is -0.378 e. The van der Waals surface area contributed by atoms with E-state index in [9.17, 15) is 0 Å². The normalized spacial score (nSPS) is 28.3. The Morgan fingerprint density at radius 2 is 2.00 bits per heavy atom. The lowest BCUT2D eigenvalue weighted by atomic mass is 9.94. The molecule has 1 aliphatic carbocycles. The van der Waals surface area contributed by atoms with Crippen LogP contribution in [0.4, 0.5) is 0 Å². The summed E-state index contributed by atoms with van der Waals surface area (Å²) in [5, 5.41) is 8.32. The van der Waals surface area contributed by atoms with E-state index in [1.807, 2.05) is 0 Å². The highest BCUT2D eigenvalue weighted by Gasteiger charge is 2.18. The molecule has 74 valence electrons. The molecule has 2 N–H and O–H groups in total. The molecule has 1 rings (SSSR count). The van der Waals surface area contributed by atoms with Crippen molar-refractivity contribution in [2.45, 2.75) is 50.7 Å². The van der Waals surface area contributed by atoms with Crippen molar-refractivity contribution < 1.29 is 4.74 Å². The lowest BCUT2D eigenvalue weighted by Gasteiger charge is -2.25. The molecule has 0 unspecified atom stereocenters. The molecule has 0 radical (unpaired) electrons. The molecule has 13 heavy (non-hydrogen) atoms. The Morgan fingerprint density at radius 3 is 2.62 bits per heavy atom. The fourth-order valence-corrected chi connectivity index (χ4v) is 1.66. The fraction of sp³-hybridized carbons (Fsp3) is 0.900. The van der Waals surface area contributed by atoms with Crippen molar-refractivity contribution in [3.05, 3.63) is 0 Å². The van der Waals surface area contributed by atoms with E-state index in [4.69, 9.17) is 15.7 Å². The summed E-state index contributed by atoms with van der Waals surface area (Å²) >= 11 is 0. The maximum absolute atomic E-state index is 8.32. The van der Waals surface area contributed by atoms with E-state index in [0.29, 0.717) is 18.6 Å². The summed E-state index contributed by atoms with van der Waals surface area (Å²) < 4.78 is 5.63. The van der Waals surface area contributed by atoms with Crippen molar-refractivity contribution in [2.24, 2.45) is 5.73 Å². The maximum atomic E-state index is 8.32. The van der Waals surface area contributed by atoms with Crippen molar-refractivity contribution >= 4 is 0 Å². The molecule has 0 spiro atoms. The molecular formula is C10H18N2O. The van der Waals surface area contributed by atoms with Crippen LogP contribution >= 0.6 is 0 Å². The lowest BCUT2D eigenvalue weighted by molar-refractivity contribution is 0.0244. The number of hydrogen-bond acceptors (Lipinski definition) is 3. The second kappa shape index (κ2) is 5.95. The molecule has 0 atom stereocenters. The second-order valence-electron chi connectivity index (χ2n) is 3.67. The standard InChI is InChI=1S/C10H18N2O/c11-7-1-2-8-13-10-5-3-9(12)4-6-10/h9-10H,1-6,8,12H2. The van der Waals surface area contributed by atoms with Crippen molar-refractivity contribution in [3.63, 3.8) is 0 Å². The van der Waals surface area contributed by atoms with Crippen LogP contribution in [0.3, 0.4) is 0 Å². The van der Waals surface area contributed by atoms with E-state index in [1.165, 1.54) is 0 Å². The zero-order chi connectivity index (χ0) is 9.52. The van der Waals surface area contributed by atoms with Gasteiger partial charge in [0, 0.05) is 19.1 Å². The van der Waals surface area contributed by atoms with E-state index in [1.54, 1.807) is 0 Å². The third-order valence-corrected chi connectivity index (χ3v) is 2.51. The molecule has 0 aromatic carbocycles. The summed E-state index contributed by atoms with van der Waals surface area (Å²) in [6.45, 7) is 0.730. The first kappa shape index (κ1) is 10.5. The monoisotopic (exact) mass is 182 g/mol. The second-order valence-corrected chi connectivity index (χ2v) is 3.67. The summed E-state index contributed by atoms with van der Waals surface area (Å²) in [4.78, 5) is 0. The molecule has 3 heteroatoms. The predicted molar refractivity (Wildman–Crippen MR) is 51.0 cm³/mol. The van der Waals surface area contributed by atoms with Crippen LogP contribution in [-0.4, -0.2) is 18.8 Å². The number of hydrogen-bond donors (Lipinski definition) is 1. The Labute approximate surface area is 79.9 Å². The van der Waals surface area contributed by atoms with Gasteiger partial charge in [0.15, 0.2) is 0 Å².